The van der Waals surface area contributed by atoms with E-state index in [1.807, 2.05) is 35.3 Å². The number of nitrogens with one attached hydrogen (secondary N) is 1. The number of hydrazine groups is 1. The number of carbonyl (C=O) groups is 2. The number of carbonyl (C=O) groups excluding carboxylic acids is 2. The number of anilines is 1. The van der Waals surface area contributed by atoms with Gasteiger partial charge in [0, 0.05) is 12.1 Å². The predicted molar refractivity (Wildman–Crippen MR) is 90.2 cm³/mol. The minimum absolute atomic E-state index is 0.106. The van der Waals surface area contributed by atoms with Crippen LogP contribution in [0.1, 0.15) is 29.3 Å². The Kier molecular flexibility index (Phi) is 4.42. The molecule has 1 amide bonds. The van der Waals surface area contributed by atoms with Crippen LogP contribution in [0.2, 0.25) is 0 Å². The van der Waals surface area contributed by atoms with Gasteiger partial charge in [-0.2, -0.15) is 0 Å². The Morgan fingerprint density at radius 2 is 1.96 bits per heavy atom. The molecule has 1 aliphatic heterocycles. The van der Waals surface area contributed by atoms with Gasteiger partial charge in [0.2, 0.25) is 5.91 Å². The molecular weight excluding hydrogens is 288 g/mol. The van der Waals surface area contributed by atoms with Gasteiger partial charge in [-0.25, -0.2) is 0 Å². The summed E-state index contributed by atoms with van der Waals surface area (Å²) in [6.07, 6.45) is 1.47. The highest BCUT2D eigenvalue weighted by molar-refractivity contribution is 6.10. The second-order valence-electron chi connectivity index (χ2n) is 5.72. The van der Waals surface area contributed by atoms with E-state index in [0.29, 0.717) is 18.5 Å². The van der Waals surface area contributed by atoms with Crippen molar-refractivity contribution in [2.24, 2.45) is 5.92 Å². The zero-order valence-electron chi connectivity index (χ0n) is 13.2. The molecular formula is C19H20N2O2. The van der Waals surface area contributed by atoms with E-state index < -0.39 is 5.92 Å². The third-order valence-electron chi connectivity index (χ3n) is 4.21. The zero-order valence-corrected chi connectivity index (χ0v) is 13.2. The number of hydrogen-bond acceptors (Lipinski definition) is 3. The van der Waals surface area contributed by atoms with E-state index in [0.717, 1.165) is 12.1 Å². The molecule has 1 heterocycles. The largest absolute Gasteiger partial charge is 0.293 e. The van der Waals surface area contributed by atoms with Crippen LogP contribution in [0.3, 0.4) is 0 Å². The smallest absolute Gasteiger partial charge is 0.249 e. The summed E-state index contributed by atoms with van der Waals surface area (Å²) in [5.41, 5.74) is 5.63. The van der Waals surface area contributed by atoms with Crippen molar-refractivity contribution in [3.05, 3.63) is 65.7 Å². The molecule has 0 saturated carbocycles. The summed E-state index contributed by atoms with van der Waals surface area (Å²) >= 11 is 0. The normalized spacial score (nSPS) is 17.7. The summed E-state index contributed by atoms with van der Waals surface area (Å²) in [5, 5.41) is 1.83. The molecule has 4 nitrogen and oxygen atoms in total. The van der Waals surface area contributed by atoms with E-state index in [-0.39, 0.29) is 11.7 Å². The van der Waals surface area contributed by atoms with Crippen molar-refractivity contribution >= 4 is 17.4 Å². The van der Waals surface area contributed by atoms with Crippen LogP contribution in [0.5, 0.6) is 0 Å². The molecule has 0 bridgehead atoms. The molecule has 2 aromatic carbocycles. The number of rotatable bonds is 4. The molecule has 1 N–H and O–H groups in total. The molecule has 2 aromatic rings. The SMILES string of the molecule is CCc1cccc(N2CCC(C(=O)c3ccccc3)C(=O)N2)c1. The summed E-state index contributed by atoms with van der Waals surface area (Å²) in [5.74, 6) is -0.944. The lowest BCUT2D eigenvalue weighted by atomic mass is 9.92. The van der Waals surface area contributed by atoms with Crippen molar-refractivity contribution < 1.29 is 9.59 Å². The molecule has 118 valence electrons. The fraction of sp³-hybridized carbons (Fsp3) is 0.263. The van der Waals surface area contributed by atoms with Crippen LogP contribution in [0, 0.1) is 5.92 Å². The van der Waals surface area contributed by atoms with Crippen LogP contribution in [-0.2, 0) is 11.2 Å². The van der Waals surface area contributed by atoms with Gasteiger partial charge in [0.05, 0.1) is 5.69 Å². The lowest BCUT2D eigenvalue weighted by Crippen LogP contribution is -2.53. The maximum absolute atomic E-state index is 12.5. The first-order chi connectivity index (χ1) is 11.2. The first-order valence-corrected chi connectivity index (χ1v) is 7.95. The molecule has 1 aliphatic rings. The Morgan fingerprint density at radius 1 is 1.17 bits per heavy atom. The second-order valence-corrected chi connectivity index (χ2v) is 5.72. The van der Waals surface area contributed by atoms with E-state index in [2.05, 4.69) is 24.5 Å². The summed E-state index contributed by atoms with van der Waals surface area (Å²) in [6.45, 7) is 2.73. The molecule has 3 rings (SSSR count). The van der Waals surface area contributed by atoms with E-state index in [9.17, 15) is 9.59 Å². The highest BCUT2D eigenvalue weighted by Gasteiger charge is 2.33. The highest BCUT2D eigenvalue weighted by Crippen LogP contribution is 2.22. The van der Waals surface area contributed by atoms with E-state index in [1.165, 1.54) is 5.56 Å². The lowest BCUT2D eigenvalue weighted by Gasteiger charge is -2.33. The number of hydrogen-bond donors (Lipinski definition) is 1. The second kappa shape index (κ2) is 6.65. The molecule has 23 heavy (non-hydrogen) atoms. The van der Waals surface area contributed by atoms with Gasteiger partial charge < -0.3 is 0 Å². The summed E-state index contributed by atoms with van der Waals surface area (Å²) in [4.78, 5) is 24.8. The highest BCUT2D eigenvalue weighted by atomic mass is 16.2. The quantitative estimate of drug-likeness (QED) is 0.698. The average molecular weight is 308 g/mol. The van der Waals surface area contributed by atoms with Gasteiger partial charge in [-0.05, 0) is 30.5 Å². The number of benzene rings is 2. The summed E-state index contributed by atoms with van der Waals surface area (Å²) < 4.78 is 0. The molecule has 1 saturated heterocycles. The first-order valence-electron chi connectivity index (χ1n) is 7.95. The van der Waals surface area contributed by atoms with Gasteiger partial charge in [0.15, 0.2) is 5.78 Å². The molecule has 4 heteroatoms. The molecule has 1 unspecified atom stereocenters. The maximum atomic E-state index is 12.5. The Labute approximate surface area is 136 Å². The standard InChI is InChI=1S/C19H20N2O2/c1-2-14-7-6-10-16(13-14)21-12-11-17(19(23)20-21)18(22)15-8-4-3-5-9-15/h3-10,13,17H,2,11-12H2,1H3,(H,20,23). The van der Waals surface area contributed by atoms with E-state index in [4.69, 9.17) is 0 Å². The van der Waals surface area contributed by atoms with Gasteiger partial charge in [-0.15, -0.1) is 0 Å². The van der Waals surface area contributed by atoms with Gasteiger partial charge in [-0.1, -0.05) is 49.4 Å². The topological polar surface area (TPSA) is 49.4 Å². The maximum Gasteiger partial charge on any atom is 0.249 e. The summed E-state index contributed by atoms with van der Waals surface area (Å²) in [6, 6.07) is 17.1. The molecule has 0 radical (unpaired) electrons. The van der Waals surface area contributed by atoms with Gasteiger partial charge in [-0.3, -0.25) is 20.0 Å². The van der Waals surface area contributed by atoms with Crippen LogP contribution in [0.25, 0.3) is 0 Å². The third-order valence-corrected chi connectivity index (χ3v) is 4.21. The molecule has 0 spiro atoms. The van der Waals surface area contributed by atoms with Crippen molar-refractivity contribution in [1.82, 2.24) is 5.43 Å². The molecule has 0 aliphatic carbocycles. The fourth-order valence-electron chi connectivity index (χ4n) is 2.85. The van der Waals surface area contributed by atoms with Gasteiger partial charge in [0.1, 0.15) is 5.92 Å². The van der Waals surface area contributed by atoms with Crippen LogP contribution in [-0.4, -0.2) is 18.2 Å². The molecule has 1 atom stereocenters. The van der Waals surface area contributed by atoms with Crippen molar-refractivity contribution in [3.63, 3.8) is 0 Å². The van der Waals surface area contributed by atoms with Gasteiger partial charge in [0.25, 0.3) is 0 Å². The van der Waals surface area contributed by atoms with Crippen molar-refractivity contribution in [2.75, 3.05) is 11.6 Å². The molecule has 0 aromatic heterocycles. The minimum Gasteiger partial charge on any atom is -0.293 e. The van der Waals surface area contributed by atoms with Gasteiger partial charge >= 0.3 is 0 Å². The zero-order chi connectivity index (χ0) is 16.2. The van der Waals surface area contributed by atoms with Crippen LogP contribution < -0.4 is 10.4 Å². The Bertz CT molecular complexity index is 712. The van der Waals surface area contributed by atoms with Crippen molar-refractivity contribution in [1.29, 1.82) is 0 Å². The Hall–Kier alpha value is -2.62. The number of Topliss-reactive ketones (excluding diaryl/α,β-unsaturated/α-hetero) is 1. The van der Waals surface area contributed by atoms with E-state index >= 15 is 0 Å². The summed E-state index contributed by atoms with van der Waals surface area (Å²) in [7, 11) is 0. The van der Waals surface area contributed by atoms with Crippen LogP contribution in [0.4, 0.5) is 5.69 Å². The first kappa shape index (κ1) is 15.3. The van der Waals surface area contributed by atoms with Crippen molar-refractivity contribution in [2.45, 2.75) is 19.8 Å². The lowest BCUT2D eigenvalue weighted by molar-refractivity contribution is -0.125. The Morgan fingerprint density at radius 3 is 2.65 bits per heavy atom. The van der Waals surface area contributed by atoms with Crippen molar-refractivity contribution in [3.8, 4) is 0 Å². The molecule has 1 fully saturated rings. The number of aryl methyl sites for hydroxylation is 1. The third kappa shape index (κ3) is 3.26. The number of nitrogens with zero attached hydrogens (tertiary/aromatic N) is 1. The average Bonchev–Trinajstić information content (AvgIpc) is 2.62. The number of ketones is 1. The van der Waals surface area contributed by atoms with E-state index in [1.54, 1.807) is 12.1 Å². The fourth-order valence-corrected chi connectivity index (χ4v) is 2.85. The predicted octanol–water partition coefficient (Wildman–Crippen LogP) is 2.99. The number of amides is 1. The monoisotopic (exact) mass is 308 g/mol. The van der Waals surface area contributed by atoms with Crippen LogP contribution >= 0.6 is 0 Å². The minimum atomic E-state index is -0.608. The van der Waals surface area contributed by atoms with Crippen LogP contribution in [0.15, 0.2) is 54.6 Å². The Balaban J connectivity index is 1.72.